The standard InChI is InChI=1S/C17H24F2O3Si/c1-11(16(20)21-5)15(22-23(6,7)17(2,3)4)12-8-13(18)10-14(19)9-12/h8-10,15H,1H2,2-7H3. The highest BCUT2D eigenvalue weighted by molar-refractivity contribution is 6.74. The quantitative estimate of drug-likeness (QED) is 0.440. The number of benzene rings is 1. The first kappa shape index (κ1) is 19.5. The molecule has 1 atom stereocenters. The van der Waals surface area contributed by atoms with Crippen LogP contribution in [0.2, 0.25) is 18.1 Å². The summed E-state index contributed by atoms with van der Waals surface area (Å²) in [5.74, 6) is -2.14. The van der Waals surface area contributed by atoms with E-state index in [0.29, 0.717) is 0 Å². The lowest BCUT2D eigenvalue weighted by atomic mass is 10.0. The molecule has 3 nitrogen and oxygen atoms in total. The van der Waals surface area contributed by atoms with Crippen molar-refractivity contribution in [3.8, 4) is 0 Å². The average Bonchev–Trinajstić information content (AvgIpc) is 2.40. The SMILES string of the molecule is C=C(C(=O)OC)C(O[Si](C)(C)C(C)(C)C)c1cc(F)cc(F)c1. The smallest absolute Gasteiger partial charge is 0.336 e. The van der Waals surface area contributed by atoms with E-state index in [9.17, 15) is 13.6 Å². The first-order valence-corrected chi connectivity index (χ1v) is 10.2. The van der Waals surface area contributed by atoms with E-state index in [2.05, 4.69) is 11.3 Å². The second-order valence-corrected chi connectivity index (χ2v) is 11.7. The third-order valence-electron chi connectivity index (χ3n) is 4.17. The second kappa shape index (κ2) is 6.92. The van der Waals surface area contributed by atoms with Gasteiger partial charge in [0.2, 0.25) is 0 Å². The van der Waals surface area contributed by atoms with Crippen LogP contribution in [0, 0.1) is 11.6 Å². The molecule has 128 valence electrons. The minimum atomic E-state index is -2.32. The zero-order chi connectivity index (χ0) is 18.0. The average molecular weight is 342 g/mol. The lowest BCUT2D eigenvalue weighted by Gasteiger charge is -2.39. The Balaban J connectivity index is 3.33. The number of carbonyl (C=O) groups excluding carboxylic acids is 1. The molecule has 23 heavy (non-hydrogen) atoms. The number of esters is 1. The fraction of sp³-hybridized carbons (Fsp3) is 0.471. The predicted octanol–water partition coefficient (Wildman–Crippen LogP) is 4.76. The van der Waals surface area contributed by atoms with Crippen LogP contribution in [-0.2, 0) is 14.0 Å². The van der Waals surface area contributed by atoms with E-state index >= 15 is 0 Å². The van der Waals surface area contributed by atoms with E-state index in [0.717, 1.165) is 18.2 Å². The van der Waals surface area contributed by atoms with Gasteiger partial charge in [0, 0.05) is 6.07 Å². The lowest BCUT2D eigenvalue weighted by molar-refractivity contribution is -0.137. The van der Waals surface area contributed by atoms with Crippen LogP contribution >= 0.6 is 0 Å². The van der Waals surface area contributed by atoms with E-state index in [1.165, 1.54) is 7.11 Å². The first-order chi connectivity index (χ1) is 10.4. The molecule has 1 aromatic carbocycles. The zero-order valence-corrected chi connectivity index (χ0v) is 15.5. The summed E-state index contributed by atoms with van der Waals surface area (Å²) >= 11 is 0. The van der Waals surface area contributed by atoms with Crippen molar-refractivity contribution in [3.63, 3.8) is 0 Å². The van der Waals surface area contributed by atoms with Gasteiger partial charge in [-0.1, -0.05) is 27.4 Å². The van der Waals surface area contributed by atoms with Crippen molar-refractivity contribution in [1.29, 1.82) is 0 Å². The predicted molar refractivity (Wildman–Crippen MR) is 88.5 cm³/mol. The molecule has 0 spiro atoms. The summed E-state index contributed by atoms with van der Waals surface area (Å²) in [6, 6.07) is 3.07. The molecule has 0 aromatic heterocycles. The molecule has 1 rings (SSSR count). The largest absolute Gasteiger partial charge is 0.466 e. The minimum absolute atomic E-state index is 0.0160. The van der Waals surface area contributed by atoms with E-state index in [1.807, 2.05) is 33.9 Å². The number of ether oxygens (including phenoxy) is 1. The Labute approximate surface area is 137 Å². The maximum atomic E-state index is 13.6. The van der Waals surface area contributed by atoms with Gasteiger partial charge in [-0.15, -0.1) is 0 Å². The first-order valence-electron chi connectivity index (χ1n) is 7.30. The van der Waals surface area contributed by atoms with Crippen LogP contribution in [0.5, 0.6) is 0 Å². The van der Waals surface area contributed by atoms with Crippen LogP contribution in [0.1, 0.15) is 32.4 Å². The van der Waals surface area contributed by atoms with Crippen molar-refractivity contribution in [1.82, 2.24) is 0 Å². The van der Waals surface area contributed by atoms with Gasteiger partial charge in [0.1, 0.15) is 17.7 Å². The number of halogens is 2. The van der Waals surface area contributed by atoms with E-state index in [4.69, 9.17) is 4.43 Å². The lowest BCUT2D eigenvalue weighted by Crippen LogP contribution is -2.42. The Kier molecular flexibility index (Phi) is 5.88. The van der Waals surface area contributed by atoms with Gasteiger partial charge >= 0.3 is 5.97 Å². The number of carbonyl (C=O) groups is 1. The summed E-state index contributed by atoms with van der Waals surface area (Å²) < 4.78 is 38.0. The third kappa shape index (κ3) is 4.72. The molecular formula is C17H24F2O3Si. The summed E-state index contributed by atoms with van der Waals surface area (Å²) in [7, 11) is -1.10. The van der Waals surface area contributed by atoms with Crippen molar-refractivity contribution in [2.24, 2.45) is 0 Å². The number of methoxy groups -OCH3 is 1. The number of hydrogen-bond acceptors (Lipinski definition) is 3. The maximum Gasteiger partial charge on any atom is 0.336 e. The van der Waals surface area contributed by atoms with Crippen LogP contribution in [-0.4, -0.2) is 21.4 Å². The number of rotatable bonds is 5. The normalized spacial score (nSPS) is 13.6. The third-order valence-corrected chi connectivity index (χ3v) is 8.61. The maximum absolute atomic E-state index is 13.6. The molecule has 0 aliphatic heterocycles. The Morgan fingerprint density at radius 1 is 1.17 bits per heavy atom. The molecule has 0 fully saturated rings. The van der Waals surface area contributed by atoms with Crippen LogP contribution in [0.15, 0.2) is 30.4 Å². The van der Waals surface area contributed by atoms with E-state index in [1.54, 1.807) is 0 Å². The molecule has 1 aromatic rings. The monoisotopic (exact) mass is 342 g/mol. The topological polar surface area (TPSA) is 35.5 Å². The Hall–Kier alpha value is -1.53. The minimum Gasteiger partial charge on any atom is -0.466 e. The highest BCUT2D eigenvalue weighted by Crippen LogP contribution is 2.41. The molecule has 0 aliphatic carbocycles. The van der Waals surface area contributed by atoms with Gasteiger partial charge in [0.05, 0.1) is 12.7 Å². The highest BCUT2D eigenvalue weighted by Gasteiger charge is 2.41. The van der Waals surface area contributed by atoms with Crippen molar-refractivity contribution in [3.05, 3.63) is 47.5 Å². The molecule has 0 radical (unpaired) electrons. The fourth-order valence-corrected chi connectivity index (χ4v) is 3.00. The van der Waals surface area contributed by atoms with Gasteiger partial charge in [-0.2, -0.15) is 0 Å². The van der Waals surface area contributed by atoms with Crippen LogP contribution in [0.4, 0.5) is 8.78 Å². The van der Waals surface area contributed by atoms with Gasteiger partial charge in [-0.05, 0) is 35.8 Å². The van der Waals surface area contributed by atoms with Gasteiger partial charge in [0.25, 0.3) is 0 Å². The Morgan fingerprint density at radius 2 is 1.65 bits per heavy atom. The van der Waals surface area contributed by atoms with Gasteiger partial charge in [-0.3, -0.25) is 0 Å². The molecule has 0 heterocycles. The fourth-order valence-electron chi connectivity index (χ4n) is 1.78. The summed E-state index contributed by atoms with van der Waals surface area (Å²) in [5.41, 5.74) is 0.227. The second-order valence-electron chi connectivity index (χ2n) is 6.98. The number of hydrogen-bond donors (Lipinski definition) is 0. The van der Waals surface area contributed by atoms with Gasteiger partial charge < -0.3 is 9.16 Å². The molecule has 0 amide bonds. The van der Waals surface area contributed by atoms with Crippen LogP contribution in [0.3, 0.4) is 0 Å². The molecule has 0 aliphatic rings. The Morgan fingerprint density at radius 3 is 2.04 bits per heavy atom. The van der Waals surface area contributed by atoms with E-state index < -0.39 is 32.0 Å². The summed E-state index contributed by atoms with van der Waals surface area (Å²) in [5, 5.41) is -0.145. The summed E-state index contributed by atoms with van der Waals surface area (Å²) in [6.45, 7) is 13.8. The van der Waals surface area contributed by atoms with Crippen LogP contribution in [0.25, 0.3) is 0 Å². The molecule has 0 N–H and O–H groups in total. The highest BCUT2D eigenvalue weighted by atomic mass is 28.4. The molecule has 1 unspecified atom stereocenters. The Bertz CT molecular complexity index is 586. The summed E-state index contributed by atoms with van der Waals surface area (Å²) in [4.78, 5) is 11.9. The van der Waals surface area contributed by atoms with Crippen molar-refractivity contribution >= 4 is 14.3 Å². The van der Waals surface area contributed by atoms with Crippen molar-refractivity contribution in [2.45, 2.75) is 45.0 Å². The molecule has 6 heteroatoms. The van der Waals surface area contributed by atoms with Gasteiger partial charge in [-0.25, -0.2) is 13.6 Å². The summed E-state index contributed by atoms with van der Waals surface area (Å²) in [6.07, 6.45) is -0.950. The van der Waals surface area contributed by atoms with Crippen molar-refractivity contribution < 1.29 is 22.7 Å². The van der Waals surface area contributed by atoms with E-state index in [-0.39, 0.29) is 16.2 Å². The molecule has 0 saturated carbocycles. The molecule has 0 bridgehead atoms. The van der Waals surface area contributed by atoms with Gasteiger partial charge in [0.15, 0.2) is 8.32 Å². The molecule has 0 saturated heterocycles. The zero-order valence-electron chi connectivity index (χ0n) is 14.5. The van der Waals surface area contributed by atoms with Crippen LogP contribution < -0.4 is 0 Å². The molecular weight excluding hydrogens is 318 g/mol. The van der Waals surface area contributed by atoms with Crippen molar-refractivity contribution in [2.75, 3.05) is 7.11 Å².